The van der Waals surface area contributed by atoms with Crippen molar-refractivity contribution in [3.05, 3.63) is 60.4 Å². The van der Waals surface area contributed by atoms with E-state index in [2.05, 4.69) is 10.0 Å². The van der Waals surface area contributed by atoms with Gasteiger partial charge in [-0.3, -0.25) is 24.0 Å². The Balaban J connectivity index is 1.33. The third-order valence-electron chi connectivity index (χ3n) is 13.9. The summed E-state index contributed by atoms with van der Waals surface area (Å²) in [6, 6.07) is 7.70. The molecule has 15 nitrogen and oxygen atoms in total. The molecule has 0 bridgehead atoms. The maximum absolute atomic E-state index is 15.5. The van der Waals surface area contributed by atoms with Crippen molar-refractivity contribution in [2.24, 2.45) is 17.8 Å². The lowest BCUT2D eigenvalue weighted by atomic mass is 9.85. The number of nitrogens with zero attached hydrogens (tertiary/aromatic N) is 3. The van der Waals surface area contributed by atoms with Crippen LogP contribution in [0.1, 0.15) is 93.4 Å². The molecule has 3 aromatic rings. The molecule has 68 heavy (non-hydrogen) atoms. The first-order chi connectivity index (χ1) is 31.7. The average Bonchev–Trinajstić information content (AvgIpc) is 4.13. The molecule has 3 fully saturated rings. The van der Waals surface area contributed by atoms with E-state index in [-0.39, 0.29) is 53.2 Å². The Bertz CT molecular complexity index is 2600. The quantitative estimate of drug-likeness (QED) is 0.126. The zero-order chi connectivity index (χ0) is 49.9. The second kappa shape index (κ2) is 18.3. The normalized spacial score (nSPS) is 26.5. The second-order valence-electron chi connectivity index (χ2n) is 19.8. The molecule has 0 unspecified atom stereocenters. The summed E-state index contributed by atoms with van der Waals surface area (Å²) in [7, 11) is -2.88. The molecule has 1 aromatic heterocycles. The predicted molar refractivity (Wildman–Crippen MR) is 243 cm³/mol. The van der Waals surface area contributed by atoms with Gasteiger partial charge in [0, 0.05) is 23.3 Å². The van der Waals surface area contributed by atoms with Crippen molar-refractivity contribution < 1.29 is 64.5 Å². The van der Waals surface area contributed by atoms with Gasteiger partial charge in [-0.1, -0.05) is 26.0 Å². The molecule has 4 amide bonds. The van der Waals surface area contributed by atoms with Crippen LogP contribution in [0.2, 0.25) is 0 Å². The van der Waals surface area contributed by atoms with E-state index < -0.39 is 98.2 Å². The van der Waals surface area contributed by atoms with E-state index in [0.717, 1.165) is 11.0 Å². The van der Waals surface area contributed by atoms with E-state index in [4.69, 9.17) is 19.2 Å². The number of carboxylic acid groups (broad SMARTS) is 1. The van der Waals surface area contributed by atoms with E-state index in [9.17, 15) is 41.1 Å². The van der Waals surface area contributed by atoms with Gasteiger partial charge in [-0.05, 0) is 133 Å². The van der Waals surface area contributed by atoms with Crippen molar-refractivity contribution in [3.8, 4) is 28.6 Å². The van der Waals surface area contributed by atoms with Crippen LogP contribution >= 0.6 is 0 Å². The first-order valence-electron chi connectivity index (χ1n) is 22.8. The van der Waals surface area contributed by atoms with E-state index in [1.54, 1.807) is 42.5 Å². The second-order valence-corrected chi connectivity index (χ2v) is 22.0. The summed E-state index contributed by atoms with van der Waals surface area (Å²) in [6.07, 6.45) is -3.65. The van der Waals surface area contributed by atoms with Crippen molar-refractivity contribution in [1.29, 1.82) is 0 Å². The van der Waals surface area contributed by atoms with Crippen molar-refractivity contribution in [3.63, 3.8) is 0 Å². The number of hydrogen-bond acceptors (Lipinski definition) is 10. The number of ether oxygens (including phenoxy) is 3. The van der Waals surface area contributed by atoms with Gasteiger partial charge in [0.1, 0.15) is 35.0 Å². The molecule has 3 N–H and O–H groups in total. The van der Waals surface area contributed by atoms with Crippen LogP contribution in [0.15, 0.2) is 54.6 Å². The molecule has 20 heteroatoms. The van der Waals surface area contributed by atoms with Crippen molar-refractivity contribution in [2.75, 3.05) is 13.7 Å². The number of allylic oxidation sites excluding steroid dienone is 1. The van der Waals surface area contributed by atoms with Crippen molar-refractivity contribution in [2.45, 2.75) is 140 Å². The van der Waals surface area contributed by atoms with Gasteiger partial charge in [0.05, 0.1) is 30.2 Å². The number of pyridine rings is 1. The van der Waals surface area contributed by atoms with Crippen LogP contribution in [0, 0.1) is 23.6 Å². The van der Waals surface area contributed by atoms with Crippen LogP contribution < -0.4 is 24.2 Å². The number of carbonyl (C=O) groups is 4. The molecule has 2 aliphatic carbocycles. The van der Waals surface area contributed by atoms with Gasteiger partial charge >= 0.3 is 12.3 Å². The molecule has 1 saturated heterocycles. The Morgan fingerprint density at radius 1 is 1.06 bits per heavy atom. The first-order valence-corrected chi connectivity index (χ1v) is 24.3. The van der Waals surface area contributed by atoms with Crippen LogP contribution in [0.25, 0.3) is 22.0 Å². The van der Waals surface area contributed by atoms with Crippen LogP contribution in [0.4, 0.5) is 22.4 Å². The maximum Gasteiger partial charge on any atom is 0.411 e. The molecular weight excluding hydrogens is 915 g/mol. The first kappa shape index (κ1) is 50.2. The highest BCUT2D eigenvalue weighted by molar-refractivity contribution is 7.91. The Kier molecular flexibility index (Phi) is 13.5. The van der Waals surface area contributed by atoms with E-state index in [0.29, 0.717) is 61.9 Å². The summed E-state index contributed by atoms with van der Waals surface area (Å²) in [5.74, 6) is -5.37. The standard InChI is InChI=1S/C48H59F4N5O10S/c1-26(2)66-32-15-13-29(14-16-32)36-20-30-21-38(65-8)35(49)23-34(30)41(53-36)67-33-22-37-40(58)54-47(43(60)55-68(63,64)46(7)17-18-46)24-31(47)12-10-9-11-27(3)19-28(4)39(42(59)56(37)25-33)57(44(61)62)45(5,6)48(50,51)52/h10,12-16,20-21,23,26-28,31,33,37,39H,9,11,17-19,22,24-25H2,1-8H3,(H,54,58)(H,55,60)(H,61,62)/t27-,28+,31+,33+,37-,39-,47+/m0/s1. The smallest absolute Gasteiger partial charge is 0.411 e. The number of carbonyl (C=O) groups excluding carboxylic acids is 3. The molecule has 7 rings (SSSR count). The number of hydrogen-bond donors (Lipinski definition) is 3. The van der Waals surface area contributed by atoms with Gasteiger partial charge in [0.25, 0.3) is 5.91 Å². The molecule has 0 spiro atoms. The molecule has 370 valence electrons. The van der Waals surface area contributed by atoms with Crippen LogP contribution in [-0.2, 0) is 24.4 Å². The molecule has 2 saturated carbocycles. The Labute approximate surface area is 393 Å². The minimum Gasteiger partial charge on any atom is -0.494 e. The minimum absolute atomic E-state index is 0.00200. The highest BCUT2D eigenvalue weighted by Gasteiger charge is 2.64. The molecule has 2 aliphatic heterocycles. The lowest BCUT2D eigenvalue weighted by Crippen LogP contribution is -2.66. The fourth-order valence-electron chi connectivity index (χ4n) is 9.34. The third kappa shape index (κ3) is 9.79. The summed E-state index contributed by atoms with van der Waals surface area (Å²) < 4.78 is 105. The fourth-order valence-corrected chi connectivity index (χ4v) is 10.6. The van der Waals surface area contributed by atoms with Gasteiger partial charge in [-0.2, -0.15) is 13.2 Å². The minimum atomic E-state index is -5.15. The number of halogens is 4. The van der Waals surface area contributed by atoms with Crippen molar-refractivity contribution in [1.82, 2.24) is 24.8 Å². The highest BCUT2D eigenvalue weighted by atomic mass is 32.2. The number of alkyl halides is 3. The zero-order valence-electron chi connectivity index (χ0n) is 39.3. The van der Waals surface area contributed by atoms with E-state index in [1.165, 1.54) is 27.0 Å². The molecule has 2 aromatic carbocycles. The number of amides is 4. The molecule has 0 radical (unpaired) electrons. The van der Waals surface area contributed by atoms with Crippen LogP contribution in [0.3, 0.4) is 0 Å². The third-order valence-corrected chi connectivity index (χ3v) is 16.0. The lowest BCUT2D eigenvalue weighted by Gasteiger charge is -2.45. The molecule has 3 heterocycles. The number of nitrogens with one attached hydrogen (secondary N) is 2. The summed E-state index contributed by atoms with van der Waals surface area (Å²) in [6.45, 7) is 9.43. The number of benzene rings is 2. The number of rotatable bonds is 11. The van der Waals surface area contributed by atoms with Gasteiger partial charge in [0.15, 0.2) is 11.6 Å². The Hall–Kier alpha value is -5.66. The van der Waals surface area contributed by atoms with Crippen molar-refractivity contribution >= 4 is 44.6 Å². The van der Waals surface area contributed by atoms with E-state index in [1.807, 2.05) is 20.8 Å². The molecular formula is C48H59F4N5O10S. The van der Waals surface area contributed by atoms with Gasteiger partial charge < -0.3 is 29.5 Å². The van der Waals surface area contributed by atoms with E-state index >= 15 is 9.18 Å². The van der Waals surface area contributed by atoms with Crippen LogP contribution in [-0.4, -0.2) is 112 Å². The highest BCUT2D eigenvalue weighted by Crippen LogP contribution is 2.48. The zero-order valence-corrected chi connectivity index (χ0v) is 40.1. The topological polar surface area (TPSA) is 194 Å². The summed E-state index contributed by atoms with van der Waals surface area (Å²) in [5.41, 5.74) is -3.92. The van der Waals surface area contributed by atoms with Gasteiger partial charge in [0.2, 0.25) is 27.7 Å². The molecule has 7 atom stereocenters. The summed E-state index contributed by atoms with van der Waals surface area (Å²) in [5, 5.41) is 13.9. The number of aromatic nitrogens is 1. The predicted octanol–water partition coefficient (Wildman–Crippen LogP) is 7.76. The SMILES string of the molecule is COc1cc2cc(-c3ccc(OC(C)C)cc3)nc(O[C@@H]3C[C@H]4C(=O)N[C@]5(C(=O)NS(=O)(=O)C6(C)CC6)C[C@H]5C=CCC[C@H](C)C[C@@H](C)[C@H](N(C(=O)O)C(C)(C)C(F)(F)F)C(=O)N4C3)c2cc1F. The number of methoxy groups -OCH3 is 1. The Morgan fingerprint density at radius 2 is 1.74 bits per heavy atom. The average molecular weight is 974 g/mol. The monoisotopic (exact) mass is 973 g/mol. The maximum atomic E-state index is 15.5. The number of sulfonamides is 1. The summed E-state index contributed by atoms with van der Waals surface area (Å²) >= 11 is 0. The Morgan fingerprint density at radius 3 is 2.34 bits per heavy atom. The number of fused-ring (bicyclic) bond motifs is 3. The largest absolute Gasteiger partial charge is 0.494 e. The lowest BCUT2D eigenvalue weighted by molar-refractivity contribution is -0.222. The fraction of sp³-hybridized carbons (Fsp3) is 0.562. The van der Waals surface area contributed by atoms with Crippen LogP contribution in [0.5, 0.6) is 17.4 Å². The molecule has 4 aliphatic rings. The van der Waals surface area contributed by atoms with Gasteiger partial charge in [-0.15, -0.1) is 0 Å². The summed E-state index contributed by atoms with van der Waals surface area (Å²) in [4.78, 5) is 63.2. The van der Waals surface area contributed by atoms with Gasteiger partial charge in [-0.25, -0.2) is 22.6 Å².